The van der Waals surface area contributed by atoms with Crippen LogP contribution < -0.4 is 10.6 Å². The van der Waals surface area contributed by atoms with Gasteiger partial charge in [-0.2, -0.15) is 8.42 Å². The molecule has 0 spiro atoms. The van der Waals surface area contributed by atoms with Gasteiger partial charge in [0.2, 0.25) is 11.8 Å². The summed E-state index contributed by atoms with van der Waals surface area (Å²) in [5.41, 5.74) is 0. The lowest BCUT2D eigenvalue weighted by molar-refractivity contribution is -0.384. The van der Waals surface area contributed by atoms with Gasteiger partial charge in [-0.05, 0) is 0 Å². The molecule has 5 aliphatic heterocycles. The maximum absolute atomic E-state index is 12.5. The zero-order valence-electron chi connectivity index (χ0n) is 35.0. The highest BCUT2D eigenvalue weighted by Crippen LogP contribution is 2.36. The average Bonchev–Trinajstić information content (AvgIpc) is 3.25. The molecule has 5 rings (SSSR count). The quantitative estimate of drug-likeness (QED) is 0.0602. The molecule has 5 fully saturated rings. The van der Waals surface area contributed by atoms with Crippen molar-refractivity contribution in [2.24, 2.45) is 0 Å². The third-order valence-electron chi connectivity index (χ3n) is 11.3. The second-order valence-electron chi connectivity index (χ2n) is 16.0. The number of rotatable bonds is 17. The van der Waals surface area contributed by atoms with Gasteiger partial charge in [-0.25, -0.2) is 8.98 Å². The summed E-state index contributed by atoms with van der Waals surface area (Å²) in [6.45, 7) is -2.06. The minimum atomic E-state index is -5.49. The third-order valence-corrected chi connectivity index (χ3v) is 11.8. The first kappa shape index (κ1) is 55.3. The van der Waals surface area contributed by atoms with Gasteiger partial charge in [0, 0.05) is 13.8 Å². The van der Waals surface area contributed by atoms with E-state index >= 15 is 0 Å². The van der Waals surface area contributed by atoms with Gasteiger partial charge >= 0.3 is 16.4 Å². The SMILES string of the molecule is CC(=O)N[C@@H]1[C@@H](O)[C@H](O[C@@H]2O[C@H](CO)[C@H](O)[C@H](O[C@@H]3O[C@H](CO)[C@@H](O[C@@H]4O[C@H](CO)[C@H](O)[C@H](O[C@@H]5O[C@H](C(=O)O)[C@@H](O)[C@H](OS(=O)(=O)O)[C@H]5O)[C@H]4O)[C@H](O)[C@H]3NC(C)=O)[C@H]2O)[C@@H](CO)O[C@H]1O. The van der Waals surface area contributed by atoms with E-state index in [4.69, 9.17) is 42.6 Å². The van der Waals surface area contributed by atoms with Crippen molar-refractivity contribution in [3.05, 3.63) is 0 Å². The molecule has 0 aromatic heterocycles. The molecule has 0 aliphatic carbocycles. The Bertz CT molecular complexity index is 1770. The van der Waals surface area contributed by atoms with E-state index in [9.17, 15) is 98.8 Å². The highest BCUT2D eigenvalue weighted by Gasteiger charge is 2.58. The number of hydrogen-bond donors (Lipinski definition) is 17. The Morgan fingerprint density at radius 1 is 0.478 bits per heavy atom. The molecular weight excluding hydrogens is 948 g/mol. The molecule has 17 N–H and O–H groups in total. The van der Waals surface area contributed by atoms with Crippen LogP contribution in [0.25, 0.3) is 0 Å². The van der Waals surface area contributed by atoms with Gasteiger partial charge in [0.1, 0.15) is 116 Å². The highest BCUT2D eigenvalue weighted by molar-refractivity contribution is 7.80. The summed E-state index contributed by atoms with van der Waals surface area (Å²) in [6.07, 6.45) is -47.5. The number of hydrogen-bond acceptors (Lipinski definition) is 28. The van der Waals surface area contributed by atoms with E-state index < -0.39 is 208 Å². The van der Waals surface area contributed by atoms with Crippen molar-refractivity contribution in [3.8, 4) is 0 Å². The molecule has 0 radical (unpaired) electrons. The van der Waals surface area contributed by atoms with Gasteiger partial charge in [-0.1, -0.05) is 0 Å². The molecule has 0 aromatic carbocycles. The fourth-order valence-electron chi connectivity index (χ4n) is 8.06. The summed E-state index contributed by atoms with van der Waals surface area (Å²) in [7, 11) is -5.49. The minimum Gasteiger partial charge on any atom is -0.479 e. The summed E-state index contributed by atoms with van der Waals surface area (Å²) in [5, 5.41) is 154. The molecule has 388 valence electrons. The number of amides is 2. The van der Waals surface area contributed by atoms with E-state index in [0.29, 0.717) is 0 Å². The predicted octanol–water partition coefficient (Wildman–Crippen LogP) is -11.7. The summed E-state index contributed by atoms with van der Waals surface area (Å²) < 4.78 is 86.3. The van der Waals surface area contributed by atoms with Crippen molar-refractivity contribution in [1.82, 2.24) is 10.6 Å². The van der Waals surface area contributed by atoms with Gasteiger partial charge in [-0.3, -0.25) is 14.1 Å². The van der Waals surface area contributed by atoms with E-state index in [2.05, 4.69) is 14.8 Å². The van der Waals surface area contributed by atoms with Crippen LogP contribution in [0.5, 0.6) is 0 Å². The minimum absolute atomic E-state index is 0.720. The van der Waals surface area contributed by atoms with Crippen LogP contribution in [0.4, 0.5) is 0 Å². The fraction of sp³-hybridized carbons (Fsp3) is 0.912. The topological polar surface area (TPSA) is 505 Å². The van der Waals surface area contributed by atoms with Gasteiger partial charge in [0.25, 0.3) is 0 Å². The average molecular weight is 1000 g/mol. The van der Waals surface area contributed by atoms with Crippen molar-refractivity contribution in [3.63, 3.8) is 0 Å². The number of nitrogens with one attached hydrogen (secondary N) is 2. The molecule has 2 amide bonds. The normalized spacial score (nSPS) is 46.4. The molecule has 25 atom stereocenters. The number of carbonyl (C=O) groups excluding carboxylic acids is 2. The second kappa shape index (κ2) is 23.1. The Morgan fingerprint density at radius 2 is 0.851 bits per heavy atom. The largest absolute Gasteiger partial charge is 0.479 e. The third kappa shape index (κ3) is 12.5. The first-order valence-corrected chi connectivity index (χ1v) is 21.6. The number of aliphatic hydroxyl groups is 13. The van der Waals surface area contributed by atoms with Crippen molar-refractivity contribution in [2.45, 2.75) is 167 Å². The van der Waals surface area contributed by atoms with E-state index in [0.717, 1.165) is 13.8 Å². The fourth-order valence-corrected chi connectivity index (χ4v) is 8.57. The molecule has 33 heteroatoms. The molecule has 0 saturated carbocycles. The second-order valence-corrected chi connectivity index (χ2v) is 17.0. The van der Waals surface area contributed by atoms with Crippen LogP contribution in [0, 0.1) is 0 Å². The molecule has 0 aromatic rings. The van der Waals surface area contributed by atoms with Crippen LogP contribution in [0.3, 0.4) is 0 Å². The first-order chi connectivity index (χ1) is 31.4. The zero-order valence-corrected chi connectivity index (χ0v) is 35.8. The Balaban J connectivity index is 1.37. The molecule has 0 unspecified atom stereocenters. The molecular formula is C34H56N2O30S. The molecule has 67 heavy (non-hydrogen) atoms. The van der Waals surface area contributed by atoms with Crippen LogP contribution in [-0.4, -0.2) is 282 Å². The summed E-state index contributed by atoms with van der Waals surface area (Å²) >= 11 is 0. The van der Waals surface area contributed by atoms with E-state index in [1.165, 1.54) is 0 Å². The zero-order chi connectivity index (χ0) is 50.0. The van der Waals surface area contributed by atoms with E-state index in [1.807, 2.05) is 0 Å². The van der Waals surface area contributed by atoms with Crippen molar-refractivity contribution in [1.29, 1.82) is 0 Å². The standard InChI is InChI=1S/C34H56N2O30S/c1-7(41)35-13-17(45)23(11(5-39)57-30(13)53)61-32-20(48)25(15(43)9(3-37)58-32)63-31-14(36-8(2)42)18(46)24(12(6-40)60-31)62-33-21(49)26(16(44)10(4-38)59-33)64-34-22(50)27(66-67(54,55)56)19(47)28(65-34)29(51)52/h9-28,30-34,37-40,43-50,53H,3-6H2,1-2H3,(H,35,41)(H,36,42)(H,51,52)(H,54,55,56)/t9-,10-,11-,12-,13-,14-,15+,16+,17-,18-,19+,20-,21-,22-,23-,24-,25+,26+,27+,28+,30-,31+,32+,33+,34-/m1/s1. The lowest BCUT2D eigenvalue weighted by Crippen LogP contribution is -2.70. The molecule has 5 aliphatic rings. The smallest absolute Gasteiger partial charge is 0.397 e. The predicted molar refractivity (Wildman–Crippen MR) is 201 cm³/mol. The van der Waals surface area contributed by atoms with E-state index in [1.54, 1.807) is 0 Å². The molecule has 32 nitrogen and oxygen atoms in total. The first-order valence-electron chi connectivity index (χ1n) is 20.3. The number of aliphatic carboxylic acids is 1. The molecule has 5 heterocycles. The Kier molecular flexibility index (Phi) is 19.1. The Hall–Kier alpha value is -2.60. The summed E-state index contributed by atoms with van der Waals surface area (Å²) in [5.74, 6) is -3.58. The number of carboxylic acid groups (broad SMARTS) is 1. The number of carboxylic acids is 1. The monoisotopic (exact) mass is 1000 g/mol. The van der Waals surface area contributed by atoms with Crippen molar-refractivity contribution < 1.29 is 146 Å². The summed E-state index contributed by atoms with van der Waals surface area (Å²) in [4.78, 5) is 36.1. The van der Waals surface area contributed by atoms with Crippen LogP contribution >= 0.6 is 0 Å². The van der Waals surface area contributed by atoms with Crippen molar-refractivity contribution in [2.75, 3.05) is 26.4 Å². The van der Waals surface area contributed by atoms with Crippen molar-refractivity contribution >= 4 is 28.2 Å². The Labute approximate surface area is 377 Å². The van der Waals surface area contributed by atoms with Crippen LogP contribution in [0.15, 0.2) is 0 Å². The van der Waals surface area contributed by atoms with E-state index in [-0.39, 0.29) is 0 Å². The lowest BCUT2D eigenvalue weighted by Gasteiger charge is -2.50. The number of carbonyl (C=O) groups is 3. The van der Waals surface area contributed by atoms with Gasteiger partial charge in [0.05, 0.1) is 26.4 Å². The summed E-state index contributed by atoms with van der Waals surface area (Å²) in [6, 6.07) is -3.37. The van der Waals surface area contributed by atoms with Gasteiger partial charge in [-0.15, -0.1) is 0 Å². The maximum atomic E-state index is 12.5. The maximum Gasteiger partial charge on any atom is 0.397 e. The Morgan fingerprint density at radius 3 is 1.28 bits per heavy atom. The van der Waals surface area contributed by atoms with Gasteiger partial charge in [0.15, 0.2) is 37.6 Å². The van der Waals surface area contributed by atoms with Gasteiger partial charge < -0.3 is 125 Å². The highest BCUT2D eigenvalue weighted by atomic mass is 32.3. The number of ether oxygens (including phenoxy) is 9. The van der Waals surface area contributed by atoms with Crippen LogP contribution in [0.1, 0.15) is 13.8 Å². The van der Waals surface area contributed by atoms with Crippen LogP contribution in [-0.2, 0) is 71.6 Å². The van der Waals surface area contributed by atoms with Crippen LogP contribution in [0.2, 0.25) is 0 Å². The number of aliphatic hydroxyl groups excluding tert-OH is 13. The molecule has 5 saturated heterocycles. The lowest BCUT2D eigenvalue weighted by atomic mass is 9.94. The molecule has 0 bridgehead atoms.